The quantitative estimate of drug-likeness (QED) is 0.588. The number of rotatable bonds is 11. The minimum absolute atomic E-state index is 0.265. The predicted molar refractivity (Wildman–Crippen MR) is 91.5 cm³/mol. The molecule has 0 rings (SSSR count). The highest BCUT2D eigenvalue weighted by Gasteiger charge is 2.12. The SMILES string of the molecule is CCN(CCCCCCNC(C)(C)C)C(C)CN(C)C. The van der Waals surface area contributed by atoms with Gasteiger partial charge in [0.25, 0.3) is 0 Å². The third-order valence-electron chi connectivity index (χ3n) is 3.69. The van der Waals surface area contributed by atoms with Crippen LogP contribution in [0.15, 0.2) is 0 Å². The molecule has 0 spiro atoms. The van der Waals surface area contributed by atoms with Gasteiger partial charge in [-0.05, 0) is 74.3 Å². The van der Waals surface area contributed by atoms with Gasteiger partial charge in [0.15, 0.2) is 0 Å². The van der Waals surface area contributed by atoms with Crippen molar-refractivity contribution in [3.05, 3.63) is 0 Å². The van der Waals surface area contributed by atoms with Gasteiger partial charge in [-0.3, -0.25) is 4.90 Å². The average molecular weight is 286 g/mol. The summed E-state index contributed by atoms with van der Waals surface area (Å²) in [6.07, 6.45) is 5.34. The van der Waals surface area contributed by atoms with Gasteiger partial charge in [-0.15, -0.1) is 0 Å². The van der Waals surface area contributed by atoms with E-state index >= 15 is 0 Å². The van der Waals surface area contributed by atoms with Gasteiger partial charge in [0.05, 0.1) is 0 Å². The Morgan fingerprint density at radius 1 is 1.00 bits per heavy atom. The molecule has 0 aromatic carbocycles. The highest BCUT2D eigenvalue weighted by molar-refractivity contribution is 4.70. The molecule has 0 aliphatic carbocycles. The summed E-state index contributed by atoms with van der Waals surface area (Å²) in [7, 11) is 4.32. The number of unbranched alkanes of at least 4 members (excludes halogenated alkanes) is 3. The molecule has 3 heteroatoms. The molecule has 0 saturated carbocycles. The molecule has 3 nitrogen and oxygen atoms in total. The molecular formula is C17H39N3. The van der Waals surface area contributed by atoms with Gasteiger partial charge in [-0.2, -0.15) is 0 Å². The Labute approximate surface area is 128 Å². The van der Waals surface area contributed by atoms with E-state index in [1.807, 2.05) is 0 Å². The molecule has 0 amide bonds. The first-order valence-corrected chi connectivity index (χ1v) is 8.40. The van der Waals surface area contributed by atoms with Crippen LogP contribution in [-0.4, -0.2) is 61.7 Å². The number of nitrogens with zero attached hydrogens (tertiary/aromatic N) is 2. The van der Waals surface area contributed by atoms with Crippen LogP contribution in [0.2, 0.25) is 0 Å². The molecular weight excluding hydrogens is 246 g/mol. The maximum absolute atomic E-state index is 3.56. The van der Waals surface area contributed by atoms with Crippen molar-refractivity contribution in [2.24, 2.45) is 0 Å². The molecule has 0 aromatic heterocycles. The highest BCUT2D eigenvalue weighted by atomic mass is 15.2. The molecule has 1 N–H and O–H groups in total. The summed E-state index contributed by atoms with van der Waals surface area (Å²) >= 11 is 0. The van der Waals surface area contributed by atoms with Crippen molar-refractivity contribution in [3.8, 4) is 0 Å². The third kappa shape index (κ3) is 11.7. The fraction of sp³-hybridized carbons (Fsp3) is 1.00. The smallest absolute Gasteiger partial charge is 0.0194 e. The average Bonchev–Trinajstić information content (AvgIpc) is 2.30. The molecule has 0 aliphatic rings. The molecule has 0 heterocycles. The molecule has 122 valence electrons. The van der Waals surface area contributed by atoms with Crippen molar-refractivity contribution in [2.75, 3.05) is 40.3 Å². The van der Waals surface area contributed by atoms with E-state index in [2.05, 4.69) is 63.8 Å². The Bertz CT molecular complexity index is 221. The first kappa shape index (κ1) is 19.9. The van der Waals surface area contributed by atoms with Gasteiger partial charge in [-0.25, -0.2) is 0 Å². The summed E-state index contributed by atoms with van der Waals surface area (Å²) in [5, 5.41) is 3.56. The van der Waals surface area contributed by atoms with Crippen molar-refractivity contribution in [1.29, 1.82) is 0 Å². The standard InChI is InChI=1S/C17H39N3/c1-8-20(16(2)15-19(6)7)14-12-10-9-11-13-18-17(3,4)5/h16,18H,8-15H2,1-7H3. The fourth-order valence-corrected chi connectivity index (χ4v) is 2.59. The summed E-state index contributed by atoms with van der Waals surface area (Å²) in [5.74, 6) is 0. The lowest BCUT2D eigenvalue weighted by Crippen LogP contribution is -2.40. The van der Waals surface area contributed by atoms with E-state index in [9.17, 15) is 0 Å². The van der Waals surface area contributed by atoms with Crippen molar-refractivity contribution in [3.63, 3.8) is 0 Å². The second-order valence-corrected chi connectivity index (χ2v) is 7.33. The van der Waals surface area contributed by atoms with Crippen LogP contribution >= 0.6 is 0 Å². The van der Waals surface area contributed by atoms with Gasteiger partial charge in [0, 0.05) is 18.1 Å². The number of hydrogen-bond donors (Lipinski definition) is 1. The van der Waals surface area contributed by atoms with Crippen LogP contribution < -0.4 is 5.32 Å². The fourth-order valence-electron chi connectivity index (χ4n) is 2.59. The Morgan fingerprint density at radius 2 is 1.60 bits per heavy atom. The normalized spacial score (nSPS) is 14.2. The molecule has 0 bridgehead atoms. The van der Waals surface area contributed by atoms with Crippen molar-refractivity contribution in [1.82, 2.24) is 15.1 Å². The van der Waals surface area contributed by atoms with Gasteiger partial charge in [0.2, 0.25) is 0 Å². The zero-order valence-corrected chi connectivity index (χ0v) is 15.1. The van der Waals surface area contributed by atoms with Crippen LogP contribution in [0, 0.1) is 0 Å². The zero-order chi connectivity index (χ0) is 15.6. The van der Waals surface area contributed by atoms with E-state index < -0.39 is 0 Å². The van der Waals surface area contributed by atoms with Gasteiger partial charge in [0.1, 0.15) is 0 Å². The van der Waals surface area contributed by atoms with Crippen LogP contribution in [0.1, 0.15) is 60.3 Å². The molecule has 0 aliphatic heterocycles. The maximum atomic E-state index is 3.56. The first-order valence-electron chi connectivity index (χ1n) is 8.40. The molecule has 0 radical (unpaired) electrons. The van der Waals surface area contributed by atoms with Gasteiger partial charge in [-0.1, -0.05) is 19.8 Å². The molecule has 0 saturated heterocycles. The second kappa shape index (κ2) is 10.6. The summed E-state index contributed by atoms with van der Waals surface area (Å²) in [4.78, 5) is 4.89. The molecule has 0 aromatic rings. The third-order valence-corrected chi connectivity index (χ3v) is 3.69. The highest BCUT2D eigenvalue weighted by Crippen LogP contribution is 2.06. The molecule has 1 unspecified atom stereocenters. The van der Waals surface area contributed by atoms with Crippen LogP contribution in [0.4, 0.5) is 0 Å². The summed E-state index contributed by atoms with van der Waals surface area (Å²) in [6.45, 7) is 16.0. The van der Waals surface area contributed by atoms with E-state index in [0.717, 1.165) is 13.1 Å². The van der Waals surface area contributed by atoms with E-state index in [4.69, 9.17) is 0 Å². The Hall–Kier alpha value is -0.120. The zero-order valence-electron chi connectivity index (χ0n) is 15.1. The number of likely N-dealkylation sites (N-methyl/N-ethyl adjacent to an activating group) is 2. The summed E-state index contributed by atoms with van der Waals surface area (Å²) in [6, 6.07) is 0.664. The van der Waals surface area contributed by atoms with E-state index in [1.165, 1.54) is 38.8 Å². The lowest BCUT2D eigenvalue weighted by molar-refractivity contribution is 0.178. The van der Waals surface area contributed by atoms with Crippen molar-refractivity contribution in [2.45, 2.75) is 71.9 Å². The lowest BCUT2D eigenvalue weighted by atomic mass is 10.1. The Balaban J connectivity index is 3.61. The first-order chi connectivity index (χ1) is 9.26. The van der Waals surface area contributed by atoms with E-state index in [1.54, 1.807) is 0 Å². The van der Waals surface area contributed by atoms with E-state index in [-0.39, 0.29) is 5.54 Å². The molecule has 0 fully saturated rings. The molecule has 1 atom stereocenters. The monoisotopic (exact) mass is 285 g/mol. The van der Waals surface area contributed by atoms with Crippen LogP contribution in [0.3, 0.4) is 0 Å². The topological polar surface area (TPSA) is 18.5 Å². The lowest BCUT2D eigenvalue weighted by Gasteiger charge is -2.30. The minimum atomic E-state index is 0.265. The maximum Gasteiger partial charge on any atom is 0.0194 e. The van der Waals surface area contributed by atoms with Gasteiger partial charge >= 0.3 is 0 Å². The second-order valence-electron chi connectivity index (χ2n) is 7.33. The number of nitrogens with one attached hydrogen (secondary N) is 1. The van der Waals surface area contributed by atoms with Crippen LogP contribution in [0.5, 0.6) is 0 Å². The largest absolute Gasteiger partial charge is 0.312 e. The van der Waals surface area contributed by atoms with E-state index in [0.29, 0.717) is 6.04 Å². The van der Waals surface area contributed by atoms with Gasteiger partial charge < -0.3 is 10.2 Å². The molecule has 20 heavy (non-hydrogen) atoms. The van der Waals surface area contributed by atoms with Crippen molar-refractivity contribution >= 4 is 0 Å². The summed E-state index contributed by atoms with van der Waals surface area (Å²) in [5.41, 5.74) is 0.265. The number of hydrogen-bond acceptors (Lipinski definition) is 3. The Morgan fingerprint density at radius 3 is 2.10 bits per heavy atom. The Kier molecular flexibility index (Phi) is 10.5. The van der Waals surface area contributed by atoms with Crippen LogP contribution in [0.25, 0.3) is 0 Å². The summed E-state index contributed by atoms with van der Waals surface area (Å²) < 4.78 is 0. The predicted octanol–water partition coefficient (Wildman–Crippen LogP) is 3.21. The minimum Gasteiger partial charge on any atom is -0.312 e. The van der Waals surface area contributed by atoms with Crippen molar-refractivity contribution < 1.29 is 0 Å². The van der Waals surface area contributed by atoms with Crippen LogP contribution in [-0.2, 0) is 0 Å².